The second-order valence-corrected chi connectivity index (χ2v) is 10.4. The zero-order valence-electron chi connectivity index (χ0n) is 21.8. The highest BCUT2D eigenvalue weighted by atomic mass is 19.4. The molecule has 5 nitrogen and oxygen atoms in total. The first-order valence-corrected chi connectivity index (χ1v) is 13.3. The van der Waals surface area contributed by atoms with Gasteiger partial charge in [-0.3, -0.25) is 4.90 Å². The van der Waals surface area contributed by atoms with E-state index in [0.29, 0.717) is 35.8 Å². The maximum Gasteiger partial charge on any atom is 0.418 e. The number of nitrogens with one attached hydrogen (secondary N) is 1. The van der Waals surface area contributed by atoms with E-state index in [-0.39, 0.29) is 18.9 Å². The summed E-state index contributed by atoms with van der Waals surface area (Å²) < 4.78 is 59.4. The van der Waals surface area contributed by atoms with Gasteiger partial charge < -0.3 is 15.2 Å². The number of ether oxygens (including phenoxy) is 1. The van der Waals surface area contributed by atoms with Crippen LogP contribution < -0.4 is 15.0 Å². The number of aliphatic hydroxyl groups is 1. The van der Waals surface area contributed by atoms with Crippen LogP contribution in [0.15, 0.2) is 73.0 Å². The van der Waals surface area contributed by atoms with Crippen LogP contribution in [0.1, 0.15) is 49.1 Å². The van der Waals surface area contributed by atoms with E-state index in [0.717, 1.165) is 48.9 Å². The van der Waals surface area contributed by atoms with E-state index in [1.165, 1.54) is 10.5 Å². The van der Waals surface area contributed by atoms with E-state index in [4.69, 9.17) is 4.74 Å². The molecule has 5 rings (SSSR count). The Morgan fingerprint density at radius 2 is 1.70 bits per heavy atom. The zero-order chi connectivity index (χ0) is 28.4. The summed E-state index contributed by atoms with van der Waals surface area (Å²) >= 11 is 0. The number of allylic oxidation sites excluding steroid dienone is 1. The number of aliphatic hydroxyl groups excluding tert-OH is 1. The number of fused-ring (bicyclic) bond motifs is 1. The number of urea groups is 1. The van der Waals surface area contributed by atoms with Crippen molar-refractivity contribution >= 4 is 17.4 Å². The van der Waals surface area contributed by atoms with Crippen LogP contribution in [0.2, 0.25) is 0 Å². The topological polar surface area (TPSA) is 61.8 Å². The van der Waals surface area contributed by atoms with E-state index >= 15 is 0 Å². The fourth-order valence-corrected chi connectivity index (χ4v) is 5.63. The molecule has 0 saturated heterocycles. The fourth-order valence-electron chi connectivity index (χ4n) is 5.63. The molecular weight excluding hydrogens is 524 g/mol. The van der Waals surface area contributed by atoms with Gasteiger partial charge in [-0.05, 0) is 84.5 Å². The molecule has 3 aromatic carbocycles. The smallest absolute Gasteiger partial charge is 0.418 e. The predicted octanol–water partition coefficient (Wildman–Crippen LogP) is 8.68. The van der Waals surface area contributed by atoms with E-state index < -0.39 is 29.3 Å². The third kappa shape index (κ3) is 6.08. The highest BCUT2D eigenvalue weighted by Gasteiger charge is 2.35. The van der Waals surface area contributed by atoms with Crippen molar-refractivity contribution in [3.8, 4) is 16.9 Å². The number of rotatable bonds is 5. The Balaban J connectivity index is 1.29. The van der Waals surface area contributed by atoms with Gasteiger partial charge in [0.15, 0.2) is 0 Å². The summed E-state index contributed by atoms with van der Waals surface area (Å²) in [6.45, 7) is 3.92. The van der Waals surface area contributed by atoms with Crippen molar-refractivity contribution in [3.05, 3.63) is 89.9 Å². The van der Waals surface area contributed by atoms with Gasteiger partial charge in [0, 0.05) is 6.42 Å². The molecule has 40 heavy (non-hydrogen) atoms. The Bertz CT molecular complexity index is 1400. The number of halogens is 4. The zero-order valence-corrected chi connectivity index (χ0v) is 21.8. The molecule has 1 fully saturated rings. The summed E-state index contributed by atoms with van der Waals surface area (Å²) in [6, 6.07) is 15.1. The lowest BCUT2D eigenvalue weighted by Crippen LogP contribution is -2.41. The molecule has 0 spiro atoms. The van der Waals surface area contributed by atoms with Crippen LogP contribution in [0.3, 0.4) is 0 Å². The molecule has 1 aliphatic heterocycles. The molecule has 0 radical (unpaired) electrons. The summed E-state index contributed by atoms with van der Waals surface area (Å²) in [5.74, 6) is 0.637. The second-order valence-electron chi connectivity index (χ2n) is 10.4. The lowest BCUT2D eigenvalue weighted by atomic mass is 9.77. The van der Waals surface area contributed by atoms with Crippen LogP contribution in [0, 0.1) is 11.7 Å². The van der Waals surface area contributed by atoms with Crippen LogP contribution in [-0.2, 0) is 6.18 Å². The van der Waals surface area contributed by atoms with Gasteiger partial charge in [0.1, 0.15) is 18.2 Å². The standard InChI is InChI=1S/C31H30F4N2O3/c1-19(38)16-20-2-4-21(5-3-20)22-6-8-23(9-7-22)24-10-13-28-29(17-24)40-15-14-37(28)30(39)36-27-12-11-25(32)18-26(27)31(33,34)35/h6-13,17-18,20-21,38H,1-5,14-16H2,(H,36,39). The number of carbonyl (C=O) groups excluding carboxylic acids is 1. The molecule has 2 amide bonds. The first kappa shape index (κ1) is 27.6. The quantitative estimate of drug-likeness (QED) is 0.245. The van der Waals surface area contributed by atoms with Crippen molar-refractivity contribution in [2.75, 3.05) is 23.4 Å². The van der Waals surface area contributed by atoms with E-state index in [2.05, 4.69) is 36.2 Å². The van der Waals surface area contributed by atoms with Gasteiger partial charge in [-0.15, -0.1) is 0 Å². The molecule has 0 unspecified atom stereocenters. The van der Waals surface area contributed by atoms with Gasteiger partial charge in [-0.25, -0.2) is 9.18 Å². The number of carbonyl (C=O) groups is 1. The Kier molecular flexibility index (Phi) is 7.74. The van der Waals surface area contributed by atoms with Crippen molar-refractivity contribution in [2.45, 2.75) is 44.2 Å². The molecule has 9 heteroatoms. The molecule has 0 aromatic heterocycles. The minimum Gasteiger partial charge on any atom is -0.513 e. The van der Waals surface area contributed by atoms with E-state index in [9.17, 15) is 27.5 Å². The van der Waals surface area contributed by atoms with Crippen LogP contribution in [-0.4, -0.2) is 24.3 Å². The molecule has 0 atom stereocenters. The third-order valence-electron chi connectivity index (χ3n) is 7.68. The van der Waals surface area contributed by atoms with E-state index in [1.54, 1.807) is 6.07 Å². The van der Waals surface area contributed by atoms with Crippen molar-refractivity contribution in [3.63, 3.8) is 0 Å². The molecule has 3 aromatic rings. The monoisotopic (exact) mass is 554 g/mol. The average molecular weight is 555 g/mol. The van der Waals surface area contributed by atoms with Crippen LogP contribution in [0.5, 0.6) is 5.75 Å². The largest absolute Gasteiger partial charge is 0.513 e. The highest BCUT2D eigenvalue weighted by Crippen LogP contribution is 2.40. The minimum absolute atomic E-state index is 0.143. The minimum atomic E-state index is -4.83. The maximum absolute atomic E-state index is 13.5. The summed E-state index contributed by atoms with van der Waals surface area (Å²) in [4.78, 5) is 14.3. The summed E-state index contributed by atoms with van der Waals surface area (Å²) in [5, 5.41) is 11.8. The van der Waals surface area contributed by atoms with Gasteiger partial charge in [0.25, 0.3) is 0 Å². The van der Waals surface area contributed by atoms with Gasteiger partial charge in [-0.1, -0.05) is 36.9 Å². The Morgan fingerprint density at radius 3 is 2.38 bits per heavy atom. The Morgan fingerprint density at radius 1 is 1.00 bits per heavy atom. The molecule has 210 valence electrons. The number of hydrogen-bond donors (Lipinski definition) is 2. The first-order valence-electron chi connectivity index (χ1n) is 13.3. The molecule has 1 saturated carbocycles. The molecule has 1 aliphatic carbocycles. The maximum atomic E-state index is 13.5. The number of nitrogens with zero attached hydrogens (tertiary/aromatic N) is 1. The summed E-state index contributed by atoms with van der Waals surface area (Å²) in [7, 11) is 0. The third-order valence-corrected chi connectivity index (χ3v) is 7.68. The van der Waals surface area contributed by atoms with Gasteiger partial charge in [0.2, 0.25) is 0 Å². The van der Waals surface area contributed by atoms with Crippen molar-refractivity contribution in [2.24, 2.45) is 5.92 Å². The lowest BCUT2D eigenvalue weighted by Gasteiger charge is -2.30. The average Bonchev–Trinajstić information content (AvgIpc) is 2.93. The van der Waals surface area contributed by atoms with Crippen molar-refractivity contribution in [1.82, 2.24) is 0 Å². The van der Waals surface area contributed by atoms with Crippen LogP contribution >= 0.6 is 0 Å². The molecule has 0 bridgehead atoms. The van der Waals surface area contributed by atoms with E-state index in [1.807, 2.05) is 12.1 Å². The number of anilines is 2. The number of alkyl halides is 3. The molecule has 1 heterocycles. The molecular formula is C31H30F4N2O3. The SMILES string of the molecule is C=C(O)CC1CCC(c2ccc(-c3ccc4c(c3)OCCN4C(=O)Nc3ccc(F)cc3C(F)(F)F)cc2)CC1. The van der Waals surface area contributed by atoms with Gasteiger partial charge in [0.05, 0.1) is 29.2 Å². The number of benzene rings is 3. The number of amides is 2. The summed E-state index contributed by atoms with van der Waals surface area (Å²) in [6.07, 6.45) is 0.126. The van der Waals surface area contributed by atoms with Gasteiger partial charge in [-0.2, -0.15) is 13.2 Å². The fraction of sp³-hybridized carbons (Fsp3) is 0.323. The summed E-state index contributed by atoms with van der Waals surface area (Å²) in [5.41, 5.74) is 1.80. The van der Waals surface area contributed by atoms with Crippen molar-refractivity contribution < 1.29 is 32.2 Å². The lowest BCUT2D eigenvalue weighted by molar-refractivity contribution is -0.137. The van der Waals surface area contributed by atoms with Crippen molar-refractivity contribution in [1.29, 1.82) is 0 Å². The Labute approximate surface area is 230 Å². The van der Waals surface area contributed by atoms with Crippen LogP contribution in [0.4, 0.5) is 33.7 Å². The molecule has 2 N–H and O–H groups in total. The Hall–Kier alpha value is -4.01. The predicted molar refractivity (Wildman–Crippen MR) is 146 cm³/mol. The molecule has 2 aliphatic rings. The normalized spacial score (nSPS) is 18.9. The highest BCUT2D eigenvalue weighted by molar-refractivity contribution is 6.03. The second kappa shape index (κ2) is 11.2. The number of hydrogen-bond acceptors (Lipinski definition) is 3. The van der Waals surface area contributed by atoms with Gasteiger partial charge >= 0.3 is 12.2 Å². The first-order chi connectivity index (χ1) is 19.1. The van der Waals surface area contributed by atoms with Crippen LogP contribution in [0.25, 0.3) is 11.1 Å².